The van der Waals surface area contributed by atoms with Crippen LogP contribution in [0.1, 0.15) is 22.3 Å². The van der Waals surface area contributed by atoms with E-state index in [2.05, 4.69) is 15.9 Å². The highest BCUT2D eigenvalue weighted by atomic mass is 35.5. The number of amides is 1. The summed E-state index contributed by atoms with van der Waals surface area (Å²) in [6.45, 7) is 5.65. The molecule has 1 fully saturated rings. The van der Waals surface area contributed by atoms with E-state index in [1.165, 1.54) is 12.1 Å². The van der Waals surface area contributed by atoms with Crippen LogP contribution in [0.4, 0.5) is 5.69 Å². The predicted molar refractivity (Wildman–Crippen MR) is 124 cm³/mol. The number of nitrogens with zero attached hydrogens (tertiary/aromatic N) is 3. The molecule has 0 bridgehead atoms. The number of hydrogen-bond acceptors (Lipinski definition) is 6. The quantitative estimate of drug-likeness (QED) is 0.655. The van der Waals surface area contributed by atoms with Gasteiger partial charge in [0.2, 0.25) is 10.0 Å². The van der Waals surface area contributed by atoms with Gasteiger partial charge in [0.1, 0.15) is 10.6 Å². The molecule has 0 atom stereocenters. The normalized spacial score (nSPS) is 17.0. The zero-order valence-electron chi connectivity index (χ0n) is 18.0. The fourth-order valence-electron chi connectivity index (χ4n) is 4.36. The third-order valence-electron chi connectivity index (χ3n) is 6.04. The lowest BCUT2D eigenvalue weighted by atomic mass is 10.1. The first-order chi connectivity index (χ1) is 15.3. The van der Waals surface area contributed by atoms with Crippen molar-refractivity contribution in [2.75, 3.05) is 51.3 Å². The summed E-state index contributed by atoms with van der Waals surface area (Å²) in [4.78, 5) is 19.0. The Morgan fingerprint density at radius 2 is 1.81 bits per heavy atom. The Morgan fingerprint density at radius 1 is 1.09 bits per heavy atom. The molecular formula is C22H27ClN4O4S. The average Bonchev–Trinajstić information content (AvgIpc) is 3.07. The average molecular weight is 479 g/mol. The summed E-state index contributed by atoms with van der Waals surface area (Å²) >= 11 is 6.06. The van der Waals surface area contributed by atoms with Crippen LogP contribution < -0.4 is 14.8 Å². The van der Waals surface area contributed by atoms with Gasteiger partial charge < -0.3 is 14.5 Å². The van der Waals surface area contributed by atoms with Crippen molar-refractivity contribution in [3.63, 3.8) is 0 Å². The van der Waals surface area contributed by atoms with Crippen LogP contribution in [0.2, 0.25) is 5.02 Å². The molecule has 1 saturated heterocycles. The Bertz CT molecular complexity index is 1120. The van der Waals surface area contributed by atoms with Crippen molar-refractivity contribution in [3.05, 3.63) is 52.5 Å². The number of para-hydroxylation sites is 2. The molecule has 172 valence electrons. The minimum Gasteiger partial charge on any atom is -0.495 e. The first kappa shape index (κ1) is 22.8. The summed E-state index contributed by atoms with van der Waals surface area (Å²) in [6.07, 6.45) is 0.837. The Balaban J connectivity index is 1.29. The molecule has 32 heavy (non-hydrogen) atoms. The van der Waals surface area contributed by atoms with E-state index in [0.717, 1.165) is 56.1 Å². The molecule has 8 nitrogen and oxygen atoms in total. The molecule has 0 saturated carbocycles. The maximum absolute atomic E-state index is 12.7. The van der Waals surface area contributed by atoms with Crippen LogP contribution in [0.15, 0.2) is 41.3 Å². The summed E-state index contributed by atoms with van der Waals surface area (Å²) in [5.74, 6) is 0.710. The number of carbonyl (C=O) groups excluding carboxylic acids is 1. The molecule has 0 aromatic heterocycles. The van der Waals surface area contributed by atoms with Gasteiger partial charge in [0.05, 0.1) is 17.8 Å². The van der Waals surface area contributed by atoms with Crippen molar-refractivity contribution in [1.82, 2.24) is 9.80 Å². The van der Waals surface area contributed by atoms with E-state index in [1.807, 2.05) is 18.2 Å². The number of halogens is 1. The Morgan fingerprint density at radius 3 is 2.50 bits per heavy atom. The molecular weight excluding hydrogens is 452 g/mol. The summed E-state index contributed by atoms with van der Waals surface area (Å²) in [7, 11) is -2.29. The molecule has 2 N–H and O–H groups in total. The number of benzene rings is 2. The molecule has 2 aliphatic rings. The number of rotatable bonds is 7. The van der Waals surface area contributed by atoms with E-state index in [-0.39, 0.29) is 15.8 Å². The van der Waals surface area contributed by atoms with Crippen LogP contribution in [0, 0.1) is 0 Å². The molecule has 4 rings (SSSR count). The highest BCUT2D eigenvalue weighted by Gasteiger charge is 2.30. The number of methoxy groups -OCH3 is 1. The number of anilines is 1. The van der Waals surface area contributed by atoms with Crippen LogP contribution in [-0.2, 0) is 16.6 Å². The maximum atomic E-state index is 12.7. The second-order valence-electron chi connectivity index (χ2n) is 8.07. The van der Waals surface area contributed by atoms with Crippen molar-refractivity contribution >= 4 is 33.2 Å². The fraction of sp³-hybridized carbons (Fsp3) is 0.409. The van der Waals surface area contributed by atoms with E-state index in [0.29, 0.717) is 18.7 Å². The standard InChI is InChI=1S/C22H27ClN4O4S/c1-31-20-6-3-2-5-19(20)26-11-9-25(10-12-26)7-4-8-27-15-16-13-18(23)21(32(24,29)30)14-17(16)22(27)28/h2-3,5-6,13-14H,4,7-12,15H2,1H3,(H2,24,29,30). The number of fused-ring (bicyclic) bond motifs is 1. The maximum Gasteiger partial charge on any atom is 0.254 e. The molecule has 0 aliphatic carbocycles. The number of sulfonamides is 1. The Labute approximate surface area is 193 Å². The van der Waals surface area contributed by atoms with Crippen LogP contribution in [0.3, 0.4) is 0 Å². The summed E-state index contributed by atoms with van der Waals surface area (Å²) in [6, 6.07) is 10.9. The van der Waals surface area contributed by atoms with Gasteiger partial charge in [-0.3, -0.25) is 9.69 Å². The first-order valence-electron chi connectivity index (χ1n) is 10.5. The summed E-state index contributed by atoms with van der Waals surface area (Å²) in [5.41, 5.74) is 2.22. The molecule has 2 heterocycles. The van der Waals surface area contributed by atoms with Crippen LogP contribution >= 0.6 is 11.6 Å². The fourth-order valence-corrected chi connectivity index (χ4v) is 5.48. The number of nitrogens with two attached hydrogens (primary N) is 1. The van der Waals surface area contributed by atoms with Gasteiger partial charge in [-0.25, -0.2) is 13.6 Å². The first-order valence-corrected chi connectivity index (χ1v) is 12.4. The van der Waals surface area contributed by atoms with Crippen molar-refractivity contribution in [2.45, 2.75) is 17.9 Å². The van der Waals surface area contributed by atoms with Crippen molar-refractivity contribution in [3.8, 4) is 5.75 Å². The highest BCUT2D eigenvalue weighted by molar-refractivity contribution is 7.89. The van der Waals surface area contributed by atoms with Gasteiger partial charge >= 0.3 is 0 Å². The predicted octanol–water partition coefficient (Wildman–Crippen LogP) is 2.16. The zero-order valence-corrected chi connectivity index (χ0v) is 19.5. The number of primary sulfonamides is 1. The lowest BCUT2D eigenvalue weighted by Gasteiger charge is -2.36. The monoisotopic (exact) mass is 478 g/mol. The molecule has 10 heteroatoms. The molecule has 2 aromatic rings. The third kappa shape index (κ3) is 4.71. The van der Waals surface area contributed by atoms with Crippen molar-refractivity contribution in [1.29, 1.82) is 0 Å². The van der Waals surface area contributed by atoms with Gasteiger partial charge in [0, 0.05) is 44.8 Å². The molecule has 0 radical (unpaired) electrons. The second-order valence-corrected chi connectivity index (χ2v) is 10.0. The van der Waals surface area contributed by atoms with Crippen LogP contribution in [0.25, 0.3) is 0 Å². The number of hydrogen-bond donors (Lipinski definition) is 1. The molecule has 0 spiro atoms. The number of carbonyl (C=O) groups is 1. The van der Waals surface area contributed by atoms with Gasteiger partial charge in [-0.2, -0.15) is 0 Å². The molecule has 0 unspecified atom stereocenters. The molecule has 1 amide bonds. The largest absolute Gasteiger partial charge is 0.495 e. The smallest absolute Gasteiger partial charge is 0.254 e. The van der Waals surface area contributed by atoms with Gasteiger partial charge in [-0.05, 0) is 42.8 Å². The third-order valence-corrected chi connectivity index (χ3v) is 7.42. The van der Waals surface area contributed by atoms with Crippen LogP contribution in [-0.4, -0.2) is 70.5 Å². The summed E-state index contributed by atoms with van der Waals surface area (Å²) < 4.78 is 28.9. The van der Waals surface area contributed by atoms with Crippen molar-refractivity contribution < 1.29 is 17.9 Å². The highest BCUT2D eigenvalue weighted by Crippen LogP contribution is 2.31. The molecule has 2 aromatic carbocycles. The lowest BCUT2D eigenvalue weighted by molar-refractivity contribution is 0.0770. The minimum absolute atomic E-state index is 0.0498. The van der Waals surface area contributed by atoms with E-state index < -0.39 is 10.0 Å². The SMILES string of the molecule is COc1ccccc1N1CCN(CCCN2Cc3cc(Cl)c(S(N)(=O)=O)cc3C2=O)CC1. The second kappa shape index (κ2) is 9.27. The van der Waals surface area contributed by atoms with Gasteiger partial charge in [-0.15, -0.1) is 0 Å². The van der Waals surface area contributed by atoms with Gasteiger partial charge in [0.15, 0.2) is 0 Å². The van der Waals surface area contributed by atoms with Crippen molar-refractivity contribution in [2.24, 2.45) is 5.14 Å². The van der Waals surface area contributed by atoms with Gasteiger partial charge in [-0.1, -0.05) is 23.7 Å². The van der Waals surface area contributed by atoms with E-state index in [4.69, 9.17) is 21.5 Å². The van der Waals surface area contributed by atoms with Gasteiger partial charge in [0.25, 0.3) is 5.91 Å². The Kier molecular flexibility index (Phi) is 6.62. The van der Waals surface area contributed by atoms with E-state index >= 15 is 0 Å². The summed E-state index contributed by atoms with van der Waals surface area (Å²) in [5, 5.41) is 5.25. The number of piperazine rings is 1. The number of ether oxygens (including phenoxy) is 1. The molecule has 2 aliphatic heterocycles. The Hall–Kier alpha value is -2.33. The van der Waals surface area contributed by atoms with E-state index in [9.17, 15) is 13.2 Å². The lowest BCUT2D eigenvalue weighted by Crippen LogP contribution is -2.47. The minimum atomic E-state index is -3.98. The topological polar surface area (TPSA) is 96.2 Å². The van der Waals surface area contributed by atoms with Crippen LogP contribution in [0.5, 0.6) is 5.75 Å². The van der Waals surface area contributed by atoms with E-state index in [1.54, 1.807) is 12.0 Å². The zero-order chi connectivity index (χ0) is 22.9.